The maximum atomic E-state index is 14.3. The lowest BCUT2D eigenvalue weighted by atomic mass is 9.96. The number of hydrogen-bond donors (Lipinski definition) is 1. The summed E-state index contributed by atoms with van der Waals surface area (Å²) in [5.41, 5.74) is 3.35. The van der Waals surface area contributed by atoms with E-state index in [0.717, 1.165) is 23.1 Å². The highest BCUT2D eigenvalue weighted by Crippen LogP contribution is 2.39. The van der Waals surface area contributed by atoms with Crippen LogP contribution in [0.5, 0.6) is 5.75 Å². The Bertz CT molecular complexity index is 622. The second-order valence-corrected chi connectivity index (χ2v) is 4.75. The molecule has 3 heteroatoms. The van der Waals surface area contributed by atoms with Gasteiger partial charge in [0.1, 0.15) is 0 Å². The molecule has 0 saturated carbocycles. The summed E-state index contributed by atoms with van der Waals surface area (Å²) < 4.78 is 19.4. The number of rotatable bonds is 2. The molecule has 0 fully saturated rings. The molecule has 0 aromatic heterocycles. The molecule has 2 nitrogen and oxygen atoms in total. The van der Waals surface area contributed by atoms with Gasteiger partial charge in [-0.15, -0.1) is 0 Å². The number of aliphatic hydroxyl groups is 1. The van der Waals surface area contributed by atoms with Crippen molar-refractivity contribution in [2.75, 3.05) is 7.11 Å². The first kappa shape index (κ1) is 12.2. The lowest BCUT2D eigenvalue weighted by molar-refractivity contribution is 0.180. The minimum absolute atomic E-state index is 0.244. The molecule has 0 bridgehead atoms. The summed E-state index contributed by atoms with van der Waals surface area (Å²) in [6.45, 7) is 0. The molecule has 3 rings (SSSR count). The maximum Gasteiger partial charge on any atom is 0.172 e. The van der Waals surface area contributed by atoms with Crippen molar-refractivity contribution in [2.24, 2.45) is 0 Å². The number of methoxy groups -OCH3 is 1. The number of fused-ring (bicyclic) bond motifs is 1. The summed E-state index contributed by atoms with van der Waals surface area (Å²) in [4.78, 5) is 0. The van der Waals surface area contributed by atoms with Crippen molar-refractivity contribution in [2.45, 2.75) is 18.9 Å². The smallest absolute Gasteiger partial charge is 0.172 e. The summed E-state index contributed by atoms with van der Waals surface area (Å²) >= 11 is 0. The van der Waals surface area contributed by atoms with Crippen LogP contribution in [0.4, 0.5) is 4.39 Å². The van der Waals surface area contributed by atoms with Gasteiger partial charge in [-0.1, -0.05) is 30.3 Å². The molecule has 2 aromatic carbocycles. The van der Waals surface area contributed by atoms with E-state index in [1.165, 1.54) is 7.11 Å². The van der Waals surface area contributed by atoms with Crippen LogP contribution in [0, 0.1) is 5.82 Å². The molecule has 0 heterocycles. The minimum atomic E-state index is -0.427. The fraction of sp³-hybridized carbons (Fsp3) is 0.250. The van der Waals surface area contributed by atoms with Gasteiger partial charge in [-0.25, -0.2) is 4.39 Å². The van der Waals surface area contributed by atoms with Gasteiger partial charge in [-0.05, 0) is 35.6 Å². The summed E-state index contributed by atoms with van der Waals surface area (Å²) in [6.07, 6.45) is 1.06. The van der Waals surface area contributed by atoms with Gasteiger partial charge in [0.15, 0.2) is 11.6 Å². The fourth-order valence-electron chi connectivity index (χ4n) is 2.76. The first-order valence-corrected chi connectivity index (χ1v) is 6.35. The zero-order valence-corrected chi connectivity index (χ0v) is 10.7. The molecule has 0 aliphatic heterocycles. The lowest BCUT2D eigenvalue weighted by Gasteiger charge is -2.12. The van der Waals surface area contributed by atoms with E-state index in [4.69, 9.17) is 4.74 Å². The van der Waals surface area contributed by atoms with Crippen LogP contribution >= 0.6 is 0 Å². The van der Waals surface area contributed by atoms with Crippen LogP contribution in [0.3, 0.4) is 0 Å². The molecule has 1 N–H and O–H groups in total. The predicted octanol–water partition coefficient (Wildman–Crippen LogP) is 3.48. The number of hydrogen-bond acceptors (Lipinski definition) is 2. The number of aliphatic hydroxyl groups excluding tert-OH is 1. The van der Waals surface area contributed by atoms with Gasteiger partial charge in [0.05, 0.1) is 13.2 Å². The van der Waals surface area contributed by atoms with Gasteiger partial charge in [0.25, 0.3) is 0 Å². The summed E-state index contributed by atoms with van der Waals surface area (Å²) in [6, 6.07) is 10.8. The zero-order valence-electron chi connectivity index (χ0n) is 10.7. The third-order valence-electron chi connectivity index (χ3n) is 3.71. The third kappa shape index (κ3) is 1.90. The summed E-state index contributed by atoms with van der Waals surface area (Å²) in [7, 11) is 1.46. The van der Waals surface area contributed by atoms with Crippen molar-refractivity contribution < 1.29 is 14.2 Å². The van der Waals surface area contributed by atoms with E-state index < -0.39 is 6.10 Å². The molecule has 1 aliphatic carbocycles. The van der Waals surface area contributed by atoms with Gasteiger partial charge >= 0.3 is 0 Å². The van der Waals surface area contributed by atoms with E-state index >= 15 is 0 Å². The van der Waals surface area contributed by atoms with Crippen molar-refractivity contribution in [3.8, 4) is 16.9 Å². The SMILES string of the molecule is COc1cccc(-c2cccc3c2CCC3O)c1F. The Kier molecular flexibility index (Phi) is 2.99. The molecule has 0 amide bonds. The van der Waals surface area contributed by atoms with E-state index in [2.05, 4.69) is 0 Å². The average Bonchev–Trinajstić information content (AvgIpc) is 2.81. The monoisotopic (exact) mass is 258 g/mol. The molecule has 1 atom stereocenters. The number of halogens is 1. The van der Waals surface area contributed by atoms with Crippen LogP contribution in [0.1, 0.15) is 23.7 Å². The Morgan fingerprint density at radius 2 is 1.89 bits per heavy atom. The van der Waals surface area contributed by atoms with E-state index in [9.17, 15) is 9.50 Å². The number of benzene rings is 2. The highest BCUT2D eigenvalue weighted by molar-refractivity contribution is 5.71. The molecule has 0 radical (unpaired) electrons. The largest absolute Gasteiger partial charge is 0.494 e. The van der Waals surface area contributed by atoms with E-state index in [-0.39, 0.29) is 11.6 Å². The van der Waals surface area contributed by atoms with Crippen LogP contribution in [0.25, 0.3) is 11.1 Å². The quantitative estimate of drug-likeness (QED) is 0.893. The zero-order chi connectivity index (χ0) is 13.4. The average molecular weight is 258 g/mol. The number of ether oxygens (including phenoxy) is 1. The Balaban J connectivity index is 2.19. The van der Waals surface area contributed by atoms with Gasteiger partial charge < -0.3 is 9.84 Å². The standard InChI is InChI=1S/C16H15FO2/c1-19-15-7-3-6-13(16(15)17)10-4-2-5-12-11(10)8-9-14(12)18/h2-7,14,18H,8-9H2,1H3. The summed E-state index contributed by atoms with van der Waals surface area (Å²) in [5.74, 6) is -0.103. The maximum absolute atomic E-state index is 14.3. The molecule has 1 aliphatic rings. The first-order chi connectivity index (χ1) is 9.22. The molecular formula is C16H15FO2. The van der Waals surface area contributed by atoms with E-state index in [0.29, 0.717) is 12.0 Å². The van der Waals surface area contributed by atoms with Crippen LogP contribution in [0.2, 0.25) is 0 Å². The fourth-order valence-corrected chi connectivity index (χ4v) is 2.76. The lowest BCUT2D eigenvalue weighted by Crippen LogP contribution is -1.95. The van der Waals surface area contributed by atoms with Crippen molar-refractivity contribution in [1.29, 1.82) is 0 Å². The summed E-state index contributed by atoms with van der Waals surface area (Å²) in [5, 5.41) is 9.90. The molecule has 98 valence electrons. The molecule has 0 saturated heterocycles. The van der Waals surface area contributed by atoms with Gasteiger partial charge in [-0.3, -0.25) is 0 Å². The molecule has 2 aromatic rings. The van der Waals surface area contributed by atoms with Crippen LogP contribution in [-0.4, -0.2) is 12.2 Å². The van der Waals surface area contributed by atoms with Crippen molar-refractivity contribution >= 4 is 0 Å². The van der Waals surface area contributed by atoms with Crippen molar-refractivity contribution in [1.82, 2.24) is 0 Å². The highest BCUT2D eigenvalue weighted by Gasteiger charge is 2.24. The van der Waals surface area contributed by atoms with Crippen LogP contribution < -0.4 is 4.74 Å². The molecule has 19 heavy (non-hydrogen) atoms. The molecule has 1 unspecified atom stereocenters. The normalized spacial score (nSPS) is 17.3. The Morgan fingerprint density at radius 3 is 2.68 bits per heavy atom. The van der Waals surface area contributed by atoms with Gasteiger partial charge in [-0.2, -0.15) is 0 Å². The van der Waals surface area contributed by atoms with E-state index in [1.807, 2.05) is 18.2 Å². The van der Waals surface area contributed by atoms with Crippen LogP contribution in [-0.2, 0) is 6.42 Å². The van der Waals surface area contributed by atoms with Crippen molar-refractivity contribution in [3.05, 3.63) is 53.3 Å². The topological polar surface area (TPSA) is 29.5 Å². The third-order valence-corrected chi connectivity index (χ3v) is 3.71. The molecule has 0 spiro atoms. The van der Waals surface area contributed by atoms with Gasteiger partial charge in [0, 0.05) is 5.56 Å². The first-order valence-electron chi connectivity index (χ1n) is 6.35. The molecular weight excluding hydrogens is 243 g/mol. The van der Waals surface area contributed by atoms with Gasteiger partial charge in [0.2, 0.25) is 0 Å². The highest BCUT2D eigenvalue weighted by atomic mass is 19.1. The predicted molar refractivity (Wildman–Crippen MR) is 71.7 cm³/mol. The second-order valence-electron chi connectivity index (χ2n) is 4.75. The Morgan fingerprint density at radius 1 is 1.16 bits per heavy atom. The van der Waals surface area contributed by atoms with E-state index in [1.54, 1.807) is 18.2 Å². The van der Waals surface area contributed by atoms with Crippen molar-refractivity contribution in [3.63, 3.8) is 0 Å². The second kappa shape index (κ2) is 4.67. The minimum Gasteiger partial charge on any atom is -0.494 e. The Hall–Kier alpha value is -1.87. The Labute approximate surface area is 111 Å². The van der Waals surface area contributed by atoms with Crippen LogP contribution in [0.15, 0.2) is 36.4 Å².